The summed E-state index contributed by atoms with van der Waals surface area (Å²) in [5.74, 6) is 0.525. The summed E-state index contributed by atoms with van der Waals surface area (Å²) in [7, 11) is 1.92. The first-order chi connectivity index (χ1) is 13.7. The smallest absolute Gasteiger partial charge is 0.143 e. The predicted octanol–water partition coefficient (Wildman–Crippen LogP) is 3.62. The molecule has 144 valence electrons. The SMILES string of the molecule is Cn1cc(-c2ccc3cnc(CC(=O)C4CCN(C5CCC5)C4)cc3c2)cn1. The fraction of sp³-hybridized carbons (Fsp3) is 0.435. The number of hydrogen-bond acceptors (Lipinski definition) is 4. The number of hydrogen-bond donors (Lipinski definition) is 0. The topological polar surface area (TPSA) is 51.0 Å². The van der Waals surface area contributed by atoms with E-state index in [-0.39, 0.29) is 5.92 Å². The number of aryl methyl sites for hydroxylation is 1. The summed E-state index contributed by atoms with van der Waals surface area (Å²) < 4.78 is 1.81. The van der Waals surface area contributed by atoms with Gasteiger partial charge in [0.2, 0.25) is 0 Å². The van der Waals surface area contributed by atoms with E-state index >= 15 is 0 Å². The monoisotopic (exact) mass is 374 g/mol. The van der Waals surface area contributed by atoms with Crippen LogP contribution in [0.25, 0.3) is 21.9 Å². The molecule has 0 amide bonds. The largest absolute Gasteiger partial charge is 0.300 e. The number of pyridine rings is 1. The van der Waals surface area contributed by atoms with Gasteiger partial charge in [0.1, 0.15) is 5.78 Å². The average Bonchev–Trinajstić information content (AvgIpc) is 3.29. The van der Waals surface area contributed by atoms with Gasteiger partial charge < -0.3 is 0 Å². The molecule has 5 nitrogen and oxygen atoms in total. The third-order valence-electron chi connectivity index (χ3n) is 6.44. The van der Waals surface area contributed by atoms with Crippen molar-refractivity contribution in [1.29, 1.82) is 0 Å². The molecule has 1 saturated heterocycles. The Morgan fingerprint density at radius 3 is 2.75 bits per heavy atom. The predicted molar refractivity (Wildman–Crippen MR) is 110 cm³/mol. The van der Waals surface area contributed by atoms with Crippen LogP contribution in [0.3, 0.4) is 0 Å². The van der Waals surface area contributed by atoms with Crippen molar-refractivity contribution in [3.63, 3.8) is 0 Å². The molecule has 2 aliphatic rings. The van der Waals surface area contributed by atoms with Gasteiger partial charge in [-0.05, 0) is 48.9 Å². The molecule has 5 heteroatoms. The minimum atomic E-state index is 0.180. The van der Waals surface area contributed by atoms with Gasteiger partial charge in [-0.1, -0.05) is 18.6 Å². The highest BCUT2D eigenvalue weighted by Crippen LogP contribution is 2.30. The summed E-state index contributed by atoms with van der Waals surface area (Å²) in [6.07, 6.45) is 11.2. The van der Waals surface area contributed by atoms with Crippen molar-refractivity contribution in [2.24, 2.45) is 13.0 Å². The van der Waals surface area contributed by atoms with Crippen LogP contribution in [0.15, 0.2) is 42.9 Å². The van der Waals surface area contributed by atoms with E-state index in [2.05, 4.69) is 39.2 Å². The minimum absolute atomic E-state index is 0.180. The zero-order valence-electron chi connectivity index (χ0n) is 16.3. The van der Waals surface area contributed by atoms with E-state index in [0.29, 0.717) is 12.2 Å². The van der Waals surface area contributed by atoms with Gasteiger partial charge in [-0.15, -0.1) is 0 Å². The second kappa shape index (κ2) is 7.13. The summed E-state index contributed by atoms with van der Waals surface area (Å²) in [6.45, 7) is 2.03. The van der Waals surface area contributed by atoms with E-state index in [1.54, 1.807) is 0 Å². The second-order valence-corrected chi connectivity index (χ2v) is 8.35. The highest BCUT2D eigenvalue weighted by Gasteiger charge is 2.34. The Balaban J connectivity index is 1.32. The van der Waals surface area contributed by atoms with Crippen molar-refractivity contribution in [2.45, 2.75) is 38.1 Å². The number of rotatable bonds is 5. The summed E-state index contributed by atoms with van der Waals surface area (Å²) in [5, 5.41) is 6.48. The minimum Gasteiger partial charge on any atom is -0.300 e. The number of aromatic nitrogens is 3. The number of Topliss-reactive ketones (excluding diaryl/α,β-unsaturated/α-hetero) is 1. The van der Waals surface area contributed by atoms with Crippen LogP contribution in [0.2, 0.25) is 0 Å². The molecule has 1 aliphatic heterocycles. The van der Waals surface area contributed by atoms with Crippen LogP contribution in [-0.2, 0) is 18.3 Å². The van der Waals surface area contributed by atoms with Crippen LogP contribution in [0.5, 0.6) is 0 Å². The van der Waals surface area contributed by atoms with Gasteiger partial charge in [-0.3, -0.25) is 19.4 Å². The quantitative estimate of drug-likeness (QED) is 0.684. The summed E-state index contributed by atoms with van der Waals surface area (Å²) in [4.78, 5) is 19.9. The molecule has 1 saturated carbocycles. The fourth-order valence-electron chi connectivity index (χ4n) is 4.49. The molecule has 1 aromatic carbocycles. The first-order valence-corrected chi connectivity index (χ1v) is 10.3. The maximum absolute atomic E-state index is 12.8. The Morgan fingerprint density at radius 2 is 2.00 bits per heavy atom. The lowest BCUT2D eigenvalue weighted by Crippen LogP contribution is -2.39. The molecule has 3 aromatic rings. The molecule has 0 radical (unpaired) electrons. The second-order valence-electron chi connectivity index (χ2n) is 8.35. The number of carbonyl (C=O) groups is 1. The number of benzene rings is 1. The Labute approximate surface area is 165 Å². The average molecular weight is 374 g/mol. The lowest BCUT2D eigenvalue weighted by Gasteiger charge is -2.34. The van der Waals surface area contributed by atoms with E-state index in [1.807, 2.05) is 30.3 Å². The van der Waals surface area contributed by atoms with Crippen molar-refractivity contribution in [3.8, 4) is 11.1 Å². The molecule has 3 heterocycles. The summed E-state index contributed by atoms with van der Waals surface area (Å²) in [6, 6.07) is 9.16. The van der Waals surface area contributed by atoms with Crippen LogP contribution < -0.4 is 0 Å². The maximum atomic E-state index is 12.8. The molecule has 0 bridgehead atoms. The number of ketones is 1. The van der Waals surface area contributed by atoms with Crippen LogP contribution in [0.1, 0.15) is 31.4 Å². The molecular formula is C23H26N4O. The first-order valence-electron chi connectivity index (χ1n) is 10.3. The zero-order chi connectivity index (χ0) is 19.1. The van der Waals surface area contributed by atoms with Gasteiger partial charge in [-0.25, -0.2) is 0 Å². The first kappa shape index (κ1) is 17.6. The van der Waals surface area contributed by atoms with Gasteiger partial charge >= 0.3 is 0 Å². The van der Waals surface area contributed by atoms with Crippen molar-refractivity contribution < 1.29 is 4.79 Å². The van der Waals surface area contributed by atoms with Crippen molar-refractivity contribution >= 4 is 16.6 Å². The number of carbonyl (C=O) groups excluding carboxylic acids is 1. The van der Waals surface area contributed by atoms with E-state index in [9.17, 15) is 4.79 Å². The van der Waals surface area contributed by atoms with Gasteiger partial charge in [-0.2, -0.15) is 5.10 Å². The van der Waals surface area contributed by atoms with E-state index in [1.165, 1.54) is 19.3 Å². The Morgan fingerprint density at radius 1 is 1.11 bits per heavy atom. The maximum Gasteiger partial charge on any atom is 0.143 e. The van der Waals surface area contributed by atoms with Crippen LogP contribution in [0, 0.1) is 5.92 Å². The molecular weight excluding hydrogens is 348 g/mol. The number of fused-ring (bicyclic) bond motifs is 1. The highest BCUT2D eigenvalue weighted by atomic mass is 16.1. The Bertz CT molecular complexity index is 1020. The van der Waals surface area contributed by atoms with Crippen molar-refractivity contribution in [1.82, 2.24) is 19.7 Å². The molecule has 1 unspecified atom stereocenters. The third kappa shape index (κ3) is 3.35. The zero-order valence-corrected chi connectivity index (χ0v) is 16.3. The van der Waals surface area contributed by atoms with Crippen molar-refractivity contribution in [3.05, 3.63) is 48.5 Å². The molecule has 28 heavy (non-hydrogen) atoms. The Kier molecular flexibility index (Phi) is 4.47. The molecule has 1 aliphatic carbocycles. The molecule has 1 atom stereocenters. The van der Waals surface area contributed by atoms with E-state index in [0.717, 1.165) is 53.1 Å². The summed E-state index contributed by atoms with van der Waals surface area (Å²) >= 11 is 0. The molecule has 5 rings (SSSR count). The highest BCUT2D eigenvalue weighted by molar-refractivity contribution is 5.88. The lowest BCUT2D eigenvalue weighted by atomic mass is 9.91. The van der Waals surface area contributed by atoms with Gasteiger partial charge in [0.15, 0.2) is 0 Å². The molecule has 2 fully saturated rings. The van der Waals surface area contributed by atoms with E-state index < -0.39 is 0 Å². The van der Waals surface area contributed by atoms with Gasteiger partial charge in [0.25, 0.3) is 0 Å². The lowest BCUT2D eigenvalue weighted by molar-refractivity contribution is -0.122. The molecule has 2 aromatic heterocycles. The van der Waals surface area contributed by atoms with Crippen LogP contribution >= 0.6 is 0 Å². The van der Waals surface area contributed by atoms with Gasteiger partial charge in [0.05, 0.1) is 6.20 Å². The molecule has 0 spiro atoms. The van der Waals surface area contributed by atoms with E-state index in [4.69, 9.17) is 0 Å². The summed E-state index contributed by atoms with van der Waals surface area (Å²) in [5.41, 5.74) is 3.11. The van der Waals surface area contributed by atoms with Crippen molar-refractivity contribution in [2.75, 3.05) is 13.1 Å². The number of nitrogens with zero attached hydrogens (tertiary/aromatic N) is 4. The van der Waals surface area contributed by atoms with Crippen LogP contribution in [0.4, 0.5) is 0 Å². The van der Waals surface area contributed by atoms with Crippen LogP contribution in [-0.4, -0.2) is 44.6 Å². The Hall–Kier alpha value is -2.53. The third-order valence-corrected chi connectivity index (χ3v) is 6.44. The molecule has 0 N–H and O–H groups in total. The standard InChI is InChI=1S/C23H26N4O/c1-26-14-20(13-25-26)16-5-6-17-12-24-21(10-19(17)9-16)11-23(28)18-7-8-27(15-18)22-3-2-4-22/h5-6,9-10,12-14,18,22H,2-4,7-8,11,15H2,1H3. The normalized spacial score (nSPS) is 20.5. The number of likely N-dealkylation sites (tertiary alicyclic amines) is 1. The fourth-order valence-corrected chi connectivity index (χ4v) is 4.49. The van der Waals surface area contributed by atoms with Gasteiger partial charge in [0, 0.05) is 61.0 Å².